The molecule has 0 saturated carbocycles. The Labute approximate surface area is 225 Å². The van der Waals surface area contributed by atoms with Gasteiger partial charge in [-0.25, -0.2) is 0 Å². The van der Waals surface area contributed by atoms with Crippen molar-refractivity contribution < 1.29 is 9.59 Å². The number of hydrogen-bond acceptors (Lipinski definition) is 4. The van der Waals surface area contributed by atoms with Crippen LogP contribution in [0.25, 0.3) is 0 Å². The van der Waals surface area contributed by atoms with Crippen LogP contribution < -0.4 is 10.6 Å². The van der Waals surface area contributed by atoms with Gasteiger partial charge in [0, 0.05) is 22.5 Å². The molecule has 0 unspecified atom stereocenters. The van der Waals surface area contributed by atoms with Crippen molar-refractivity contribution in [2.75, 3.05) is 10.6 Å². The van der Waals surface area contributed by atoms with E-state index in [-0.39, 0.29) is 11.6 Å². The van der Waals surface area contributed by atoms with E-state index in [1.165, 1.54) is 11.1 Å². The van der Waals surface area contributed by atoms with Gasteiger partial charge in [-0.2, -0.15) is 0 Å². The van der Waals surface area contributed by atoms with E-state index in [0.717, 1.165) is 22.5 Å². The van der Waals surface area contributed by atoms with Crippen LogP contribution in [-0.4, -0.2) is 11.6 Å². The highest BCUT2D eigenvalue weighted by Crippen LogP contribution is 2.40. The Hall–Kier alpha value is -4.18. The molecule has 0 radical (unpaired) electrons. The first-order chi connectivity index (χ1) is 18.2. The van der Waals surface area contributed by atoms with Crippen LogP contribution in [0.4, 0.5) is 22.7 Å². The monoisotopic (exact) mass is 502 g/mol. The van der Waals surface area contributed by atoms with Crippen LogP contribution in [-0.2, 0) is 0 Å². The van der Waals surface area contributed by atoms with Gasteiger partial charge in [-0.05, 0) is 72.2 Å². The maximum Gasteiger partial charge on any atom is 0.196 e. The molecule has 192 valence electrons. The van der Waals surface area contributed by atoms with E-state index in [1.807, 2.05) is 36.4 Å². The molecule has 0 amide bonds. The third-order valence-corrected chi connectivity index (χ3v) is 7.61. The second-order valence-electron chi connectivity index (χ2n) is 10.7. The molecule has 4 nitrogen and oxygen atoms in total. The van der Waals surface area contributed by atoms with Crippen molar-refractivity contribution in [3.8, 4) is 0 Å². The zero-order chi connectivity index (χ0) is 27.1. The Morgan fingerprint density at radius 2 is 0.895 bits per heavy atom. The van der Waals surface area contributed by atoms with Crippen LogP contribution >= 0.6 is 0 Å². The highest BCUT2D eigenvalue weighted by atomic mass is 16.1. The highest BCUT2D eigenvalue weighted by Gasteiger charge is 2.34. The molecule has 0 spiro atoms. The van der Waals surface area contributed by atoms with Crippen molar-refractivity contribution in [1.29, 1.82) is 0 Å². The molecule has 0 aromatic heterocycles. The fourth-order valence-corrected chi connectivity index (χ4v) is 5.55. The lowest BCUT2D eigenvalue weighted by atomic mass is 9.82. The Morgan fingerprint density at radius 3 is 1.26 bits per heavy atom. The van der Waals surface area contributed by atoms with Crippen molar-refractivity contribution in [2.45, 2.75) is 53.4 Å². The standard InChI is InChI=1S/C34H34N2O2/c1-19(2)23-13-9-15-27(21(23)5)35-29-17-18-30(36-28-16-10-14-24(20(3)4)22(28)6)32-31(29)33(37)25-11-7-8-12-26(25)34(32)38/h7-20,35-36H,1-6H3. The summed E-state index contributed by atoms with van der Waals surface area (Å²) in [6, 6.07) is 23.3. The third-order valence-electron chi connectivity index (χ3n) is 7.61. The summed E-state index contributed by atoms with van der Waals surface area (Å²) >= 11 is 0. The Morgan fingerprint density at radius 1 is 0.500 bits per heavy atom. The Kier molecular flexibility index (Phi) is 6.66. The number of hydrogen-bond donors (Lipinski definition) is 2. The van der Waals surface area contributed by atoms with E-state index in [1.54, 1.807) is 24.3 Å². The maximum atomic E-state index is 13.9. The topological polar surface area (TPSA) is 58.2 Å². The van der Waals surface area contributed by atoms with E-state index in [0.29, 0.717) is 45.5 Å². The van der Waals surface area contributed by atoms with Crippen molar-refractivity contribution in [2.24, 2.45) is 0 Å². The molecule has 38 heavy (non-hydrogen) atoms. The number of rotatable bonds is 6. The third kappa shape index (κ3) is 4.30. The minimum Gasteiger partial charge on any atom is -0.355 e. The lowest BCUT2D eigenvalue weighted by Crippen LogP contribution is -2.23. The van der Waals surface area contributed by atoms with Crippen LogP contribution in [0.1, 0.15) is 93.6 Å². The van der Waals surface area contributed by atoms with Gasteiger partial charge in [0.2, 0.25) is 0 Å². The van der Waals surface area contributed by atoms with Crippen molar-refractivity contribution >= 4 is 34.3 Å². The molecule has 0 heterocycles. The van der Waals surface area contributed by atoms with Gasteiger partial charge in [0.25, 0.3) is 0 Å². The molecule has 2 N–H and O–H groups in total. The predicted molar refractivity (Wildman–Crippen MR) is 157 cm³/mol. The van der Waals surface area contributed by atoms with Gasteiger partial charge < -0.3 is 10.6 Å². The Balaban J connectivity index is 1.67. The summed E-state index contributed by atoms with van der Waals surface area (Å²) < 4.78 is 0. The minimum atomic E-state index is -0.147. The largest absolute Gasteiger partial charge is 0.355 e. The molecule has 0 bridgehead atoms. The molecule has 5 rings (SSSR count). The molecule has 0 atom stereocenters. The predicted octanol–water partition coefficient (Wildman–Crippen LogP) is 8.81. The fraction of sp³-hybridized carbons (Fsp3) is 0.235. The molecule has 0 fully saturated rings. The Bertz CT molecular complexity index is 1460. The fourth-order valence-electron chi connectivity index (χ4n) is 5.55. The van der Waals surface area contributed by atoms with Crippen LogP contribution in [0.3, 0.4) is 0 Å². The zero-order valence-corrected chi connectivity index (χ0v) is 22.9. The van der Waals surface area contributed by atoms with Crippen molar-refractivity contribution in [3.63, 3.8) is 0 Å². The summed E-state index contributed by atoms with van der Waals surface area (Å²) in [7, 11) is 0. The molecular weight excluding hydrogens is 468 g/mol. The van der Waals surface area contributed by atoms with E-state index in [2.05, 4.69) is 64.3 Å². The first-order valence-corrected chi connectivity index (χ1v) is 13.3. The van der Waals surface area contributed by atoms with E-state index >= 15 is 0 Å². The molecule has 1 aliphatic rings. The lowest BCUT2D eigenvalue weighted by Gasteiger charge is -2.25. The van der Waals surface area contributed by atoms with Crippen LogP contribution in [0.5, 0.6) is 0 Å². The average molecular weight is 503 g/mol. The summed E-state index contributed by atoms with van der Waals surface area (Å²) in [5, 5.41) is 7.01. The van der Waals surface area contributed by atoms with E-state index < -0.39 is 0 Å². The van der Waals surface area contributed by atoms with Gasteiger partial charge in [0.1, 0.15) is 0 Å². The number of nitrogens with one attached hydrogen (secondary N) is 2. The van der Waals surface area contributed by atoms with Crippen molar-refractivity contribution in [1.82, 2.24) is 0 Å². The average Bonchev–Trinajstić information content (AvgIpc) is 2.89. The van der Waals surface area contributed by atoms with Crippen molar-refractivity contribution in [3.05, 3.63) is 117 Å². The second-order valence-corrected chi connectivity index (χ2v) is 10.7. The number of ketones is 2. The summed E-state index contributed by atoms with van der Waals surface area (Å²) in [4.78, 5) is 27.8. The molecular formula is C34H34N2O2. The normalized spacial score (nSPS) is 12.5. The summed E-state index contributed by atoms with van der Waals surface area (Å²) in [6.45, 7) is 12.9. The molecule has 4 aromatic rings. The number of carbonyl (C=O) groups is 2. The summed E-state index contributed by atoms with van der Waals surface area (Å²) in [5.74, 6) is 0.452. The first-order valence-electron chi connectivity index (χ1n) is 13.3. The number of anilines is 4. The van der Waals surface area contributed by atoms with Gasteiger partial charge in [0.05, 0.1) is 22.5 Å². The second kappa shape index (κ2) is 9.94. The van der Waals surface area contributed by atoms with Gasteiger partial charge in [-0.3, -0.25) is 9.59 Å². The first kappa shape index (κ1) is 25.5. The molecule has 1 aliphatic carbocycles. The van der Waals surface area contributed by atoms with Crippen LogP contribution in [0.2, 0.25) is 0 Å². The summed E-state index contributed by atoms with van der Waals surface area (Å²) in [5.41, 5.74) is 9.58. The lowest BCUT2D eigenvalue weighted by molar-refractivity contribution is 0.0980. The van der Waals surface area contributed by atoms with Gasteiger partial charge in [-0.15, -0.1) is 0 Å². The molecule has 0 saturated heterocycles. The number of fused-ring (bicyclic) bond motifs is 2. The van der Waals surface area contributed by atoms with E-state index in [4.69, 9.17) is 0 Å². The smallest absolute Gasteiger partial charge is 0.196 e. The van der Waals surface area contributed by atoms with Crippen LogP contribution in [0, 0.1) is 13.8 Å². The summed E-state index contributed by atoms with van der Waals surface area (Å²) in [6.07, 6.45) is 0. The maximum absolute atomic E-state index is 13.9. The highest BCUT2D eigenvalue weighted by molar-refractivity contribution is 6.32. The molecule has 4 aromatic carbocycles. The SMILES string of the molecule is Cc1c(Nc2ccc(Nc3cccc(C(C)C)c3C)c3c2C(=O)c2ccccc2C3=O)cccc1C(C)C. The van der Waals surface area contributed by atoms with Gasteiger partial charge in [-0.1, -0.05) is 76.2 Å². The van der Waals surface area contributed by atoms with Crippen LogP contribution in [0.15, 0.2) is 72.8 Å². The quantitative estimate of drug-likeness (QED) is 0.243. The minimum absolute atomic E-state index is 0.147. The zero-order valence-electron chi connectivity index (χ0n) is 22.9. The number of benzene rings is 4. The molecule has 4 heteroatoms. The van der Waals surface area contributed by atoms with Gasteiger partial charge >= 0.3 is 0 Å². The molecule has 0 aliphatic heterocycles. The van der Waals surface area contributed by atoms with Gasteiger partial charge in [0.15, 0.2) is 11.6 Å². The van der Waals surface area contributed by atoms with E-state index in [9.17, 15) is 9.59 Å². The number of carbonyl (C=O) groups excluding carboxylic acids is 2.